The van der Waals surface area contributed by atoms with E-state index in [1.165, 1.54) is 0 Å². The summed E-state index contributed by atoms with van der Waals surface area (Å²) < 4.78 is 5.47. The molecule has 196 valence electrons. The number of carbonyl (C=O) groups is 3. The van der Waals surface area contributed by atoms with E-state index in [4.69, 9.17) is 16.3 Å². The van der Waals surface area contributed by atoms with E-state index in [2.05, 4.69) is 16.0 Å². The molecule has 2 aromatic carbocycles. The number of halogens is 1. The number of hydrogen-bond acceptors (Lipinski definition) is 4. The lowest BCUT2D eigenvalue weighted by Gasteiger charge is -2.28. The Bertz CT molecular complexity index is 1000. The molecule has 0 aromatic heterocycles. The minimum Gasteiger partial charge on any atom is -0.444 e. The highest BCUT2D eigenvalue weighted by Crippen LogP contribution is 2.13. The van der Waals surface area contributed by atoms with Crippen molar-refractivity contribution in [2.45, 2.75) is 53.2 Å². The van der Waals surface area contributed by atoms with E-state index < -0.39 is 5.60 Å². The van der Waals surface area contributed by atoms with Crippen molar-refractivity contribution in [1.82, 2.24) is 15.5 Å². The molecule has 0 atom stereocenters. The molecule has 0 aliphatic rings. The monoisotopic (exact) mass is 516 g/mol. The van der Waals surface area contributed by atoms with Crippen LogP contribution in [-0.2, 0) is 22.5 Å². The average molecular weight is 517 g/mol. The van der Waals surface area contributed by atoms with Gasteiger partial charge in [-0.2, -0.15) is 0 Å². The molecule has 3 N–H and O–H groups in total. The highest BCUT2D eigenvalue weighted by Gasteiger charge is 2.22. The second-order valence-electron chi connectivity index (χ2n) is 9.98. The number of nitrogens with one attached hydrogen (secondary N) is 3. The third-order valence-corrected chi connectivity index (χ3v) is 5.14. The van der Waals surface area contributed by atoms with Crippen LogP contribution < -0.4 is 16.0 Å². The smallest absolute Gasteiger partial charge is 0.410 e. The zero-order chi connectivity index (χ0) is 26.7. The Morgan fingerprint density at radius 1 is 0.944 bits per heavy atom. The third-order valence-electron chi connectivity index (χ3n) is 4.88. The predicted octanol–water partition coefficient (Wildman–Crippen LogP) is 5.21. The zero-order valence-corrected chi connectivity index (χ0v) is 22.4. The van der Waals surface area contributed by atoms with Gasteiger partial charge in [0.25, 0.3) is 0 Å². The Morgan fingerprint density at radius 3 is 2.14 bits per heavy atom. The number of nitrogens with zero attached hydrogens (tertiary/aromatic N) is 1. The van der Waals surface area contributed by atoms with Crippen LogP contribution in [0.4, 0.5) is 15.3 Å². The van der Waals surface area contributed by atoms with Gasteiger partial charge in [-0.05, 0) is 62.1 Å². The van der Waals surface area contributed by atoms with E-state index in [0.717, 1.165) is 11.1 Å². The summed E-state index contributed by atoms with van der Waals surface area (Å²) in [4.78, 5) is 38.6. The molecule has 2 aromatic rings. The van der Waals surface area contributed by atoms with Gasteiger partial charge in [-0.15, -0.1) is 0 Å². The molecule has 0 heterocycles. The Balaban J connectivity index is 1.76. The quantitative estimate of drug-likeness (QED) is 0.403. The normalized spacial score (nSPS) is 11.1. The molecule has 2 rings (SSSR count). The topological polar surface area (TPSA) is 99.8 Å². The number of ether oxygens (including phenoxy) is 1. The summed E-state index contributed by atoms with van der Waals surface area (Å²) in [5.74, 6) is 0.130. The fourth-order valence-electron chi connectivity index (χ4n) is 3.27. The molecule has 0 bridgehead atoms. The summed E-state index contributed by atoms with van der Waals surface area (Å²) in [7, 11) is 0. The largest absolute Gasteiger partial charge is 0.444 e. The van der Waals surface area contributed by atoms with Crippen molar-refractivity contribution in [3.8, 4) is 0 Å². The molecule has 8 nitrogen and oxygen atoms in total. The van der Waals surface area contributed by atoms with Crippen molar-refractivity contribution in [3.05, 3.63) is 64.7 Å². The number of urea groups is 1. The van der Waals surface area contributed by atoms with Crippen molar-refractivity contribution < 1.29 is 19.1 Å². The molecular weight excluding hydrogens is 480 g/mol. The van der Waals surface area contributed by atoms with Crippen LogP contribution in [0.3, 0.4) is 0 Å². The molecule has 0 unspecified atom stereocenters. The highest BCUT2D eigenvalue weighted by molar-refractivity contribution is 6.30. The van der Waals surface area contributed by atoms with Gasteiger partial charge < -0.3 is 25.6 Å². The fraction of sp³-hybridized carbons (Fsp3) is 0.444. The number of carbonyl (C=O) groups excluding carboxylic acids is 3. The van der Waals surface area contributed by atoms with Crippen molar-refractivity contribution in [2.75, 3.05) is 25.0 Å². The van der Waals surface area contributed by atoms with Crippen LogP contribution in [0, 0.1) is 5.92 Å². The van der Waals surface area contributed by atoms with Gasteiger partial charge in [0.2, 0.25) is 5.91 Å². The maximum absolute atomic E-state index is 12.4. The first-order valence-corrected chi connectivity index (χ1v) is 12.4. The van der Waals surface area contributed by atoms with Crippen molar-refractivity contribution in [3.63, 3.8) is 0 Å². The number of benzene rings is 2. The Hall–Kier alpha value is -3.26. The molecule has 0 fully saturated rings. The first-order valence-electron chi connectivity index (χ1n) is 12.0. The molecule has 9 heteroatoms. The Morgan fingerprint density at radius 2 is 1.56 bits per heavy atom. The van der Waals surface area contributed by atoms with Crippen LogP contribution in [-0.4, -0.2) is 48.2 Å². The lowest BCUT2D eigenvalue weighted by Crippen LogP contribution is -2.43. The first kappa shape index (κ1) is 29.0. The molecule has 36 heavy (non-hydrogen) atoms. The van der Waals surface area contributed by atoms with Crippen molar-refractivity contribution in [2.24, 2.45) is 5.92 Å². The standard InChI is InChI=1S/C27H37ClN4O4/c1-19(2)18-32(26(35)36-27(3,4)5)15-14-29-24(33)16-20-8-12-23(13-9-20)31-25(34)30-17-21-6-10-22(28)11-7-21/h6-13,19H,14-18H2,1-5H3,(H,29,33)(H2,30,31,34). The molecule has 0 aliphatic carbocycles. The maximum Gasteiger partial charge on any atom is 0.410 e. The summed E-state index contributed by atoms with van der Waals surface area (Å²) >= 11 is 5.87. The summed E-state index contributed by atoms with van der Waals surface area (Å²) in [5, 5.41) is 9.05. The van der Waals surface area contributed by atoms with Gasteiger partial charge in [-0.25, -0.2) is 9.59 Å². The van der Waals surface area contributed by atoms with E-state index in [1.807, 2.05) is 46.8 Å². The summed E-state index contributed by atoms with van der Waals surface area (Å²) in [6.45, 7) is 11.2. The number of rotatable bonds is 10. The van der Waals surface area contributed by atoms with Crippen LogP contribution in [0.2, 0.25) is 5.02 Å². The maximum atomic E-state index is 12.4. The number of hydrogen-bond donors (Lipinski definition) is 3. The van der Waals surface area contributed by atoms with Gasteiger partial charge in [-0.1, -0.05) is 49.7 Å². The molecule has 0 spiro atoms. The minimum atomic E-state index is -0.575. The van der Waals surface area contributed by atoms with Gasteiger partial charge in [0.05, 0.1) is 6.42 Å². The van der Waals surface area contributed by atoms with Crippen LogP contribution in [0.15, 0.2) is 48.5 Å². The second-order valence-corrected chi connectivity index (χ2v) is 10.4. The fourth-order valence-corrected chi connectivity index (χ4v) is 3.39. The SMILES string of the molecule is CC(C)CN(CCNC(=O)Cc1ccc(NC(=O)NCc2ccc(Cl)cc2)cc1)C(=O)OC(C)(C)C. The minimum absolute atomic E-state index is 0.148. The van der Waals surface area contributed by atoms with Gasteiger partial charge in [0.1, 0.15) is 5.60 Å². The van der Waals surface area contributed by atoms with E-state index in [0.29, 0.717) is 36.9 Å². The highest BCUT2D eigenvalue weighted by atomic mass is 35.5. The van der Waals surface area contributed by atoms with E-state index in [9.17, 15) is 14.4 Å². The Kier molecular flexibility index (Phi) is 11.0. The second kappa shape index (κ2) is 13.7. The molecule has 0 radical (unpaired) electrons. The zero-order valence-electron chi connectivity index (χ0n) is 21.7. The van der Waals surface area contributed by atoms with Crippen molar-refractivity contribution in [1.29, 1.82) is 0 Å². The van der Waals surface area contributed by atoms with Crippen LogP contribution in [0.1, 0.15) is 45.7 Å². The third kappa shape index (κ3) is 11.4. The first-order chi connectivity index (χ1) is 16.9. The van der Waals surface area contributed by atoms with E-state index in [1.54, 1.807) is 41.3 Å². The van der Waals surface area contributed by atoms with E-state index >= 15 is 0 Å². The molecule has 0 aliphatic heterocycles. The summed E-state index contributed by atoms with van der Waals surface area (Å²) in [5.41, 5.74) is 1.79. The van der Waals surface area contributed by atoms with Crippen LogP contribution in [0.5, 0.6) is 0 Å². The Labute approximate surface area is 218 Å². The molecule has 0 saturated carbocycles. The van der Waals surface area contributed by atoms with E-state index in [-0.39, 0.29) is 30.4 Å². The number of amides is 4. The predicted molar refractivity (Wildman–Crippen MR) is 143 cm³/mol. The van der Waals surface area contributed by atoms with Gasteiger partial charge in [0, 0.05) is 36.9 Å². The molecule has 4 amide bonds. The molecule has 0 saturated heterocycles. The van der Waals surface area contributed by atoms with Crippen molar-refractivity contribution >= 4 is 35.3 Å². The average Bonchev–Trinajstić information content (AvgIpc) is 2.78. The van der Waals surface area contributed by atoms with Gasteiger partial charge >= 0.3 is 12.1 Å². The lowest BCUT2D eigenvalue weighted by atomic mass is 10.1. The summed E-state index contributed by atoms with van der Waals surface area (Å²) in [6.07, 6.45) is -0.189. The summed E-state index contributed by atoms with van der Waals surface area (Å²) in [6, 6.07) is 14.0. The van der Waals surface area contributed by atoms with Gasteiger partial charge in [-0.3, -0.25) is 4.79 Å². The molecular formula is C27H37ClN4O4. The van der Waals surface area contributed by atoms with Crippen LogP contribution in [0.25, 0.3) is 0 Å². The lowest BCUT2D eigenvalue weighted by molar-refractivity contribution is -0.120. The van der Waals surface area contributed by atoms with Crippen LogP contribution >= 0.6 is 11.6 Å². The van der Waals surface area contributed by atoms with Gasteiger partial charge in [0.15, 0.2) is 0 Å². The number of anilines is 1.